The number of carbonyl (C=O) groups is 1. The molecule has 2 heterocycles. The van der Waals surface area contributed by atoms with Crippen LogP contribution in [0.1, 0.15) is 32.1 Å². The molecule has 0 aromatic rings. The number of nitrogens with one attached hydrogen (secondary N) is 2. The summed E-state index contributed by atoms with van der Waals surface area (Å²) < 4.78 is 0. The van der Waals surface area contributed by atoms with Crippen molar-refractivity contribution in [3.05, 3.63) is 0 Å². The maximum Gasteiger partial charge on any atom is 0.237 e. The van der Waals surface area contributed by atoms with E-state index in [1.807, 2.05) is 0 Å². The maximum absolute atomic E-state index is 11.9. The van der Waals surface area contributed by atoms with Gasteiger partial charge in [0.15, 0.2) is 0 Å². The van der Waals surface area contributed by atoms with Gasteiger partial charge in [0.2, 0.25) is 5.91 Å². The summed E-state index contributed by atoms with van der Waals surface area (Å²) in [5.41, 5.74) is 0. The highest BCUT2D eigenvalue weighted by Crippen LogP contribution is 2.15. The smallest absolute Gasteiger partial charge is 0.237 e. The molecule has 2 fully saturated rings. The molecule has 2 N–H and O–H groups in total. The summed E-state index contributed by atoms with van der Waals surface area (Å²) in [4.78, 5) is 14.3. The Morgan fingerprint density at radius 1 is 1.21 bits per heavy atom. The highest BCUT2D eigenvalue weighted by atomic mass is 35.5. The van der Waals surface area contributed by atoms with Crippen LogP contribution >= 0.6 is 24.8 Å². The third-order valence-corrected chi connectivity index (χ3v) is 4.03. The van der Waals surface area contributed by atoms with Crippen molar-refractivity contribution in [3.63, 3.8) is 0 Å². The molecule has 0 aromatic heterocycles. The molecule has 1 unspecified atom stereocenters. The zero-order valence-corrected chi connectivity index (χ0v) is 13.3. The van der Waals surface area contributed by atoms with Crippen molar-refractivity contribution in [2.24, 2.45) is 5.92 Å². The zero-order chi connectivity index (χ0) is 12.1. The lowest BCUT2D eigenvalue weighted by Crippen LogP contribution is -2.48. The predicted molar refractivity (Wildman–Crippen MR) is 83.4 cm³/mol. The molecule has 0 aromatic carbocycles. The molecule has 1 atom stereocenters. The topological polar surface area (TPSA) is 44.4 Å². The number of hydrogen-bond donors (Lipinski definition) is 2. The van der Waals surface area contributed by atoms with Gasteiger partial charge in [0.05, 0.1) is 6.04 Å². The molecule has 114 valence electrons. The van der Waals surface area contributed by atoms with Gasteiger partial charge in [-0.25, -0.2) is 0 Å². The van der Waals surface area contributed by atoms with E-state index in [2.05, 4.69) is 22.6 Å². The molecule has 4 nitrogen and oxygen atoms in total. The van der Waals surface area contributed by atoms with E-state index in [1.54, 1.807) is 0 Å². The number of halogens is 2. The Hall–Kier alpha value is -0.0300. The van der Waals surface area contributed by atoms with Crippen molar-refractivity contribution in [1.29, 1.82) is 0 Å². The van der Waals surface area contributed by atoms with Gasteiger partial charge in [0.1, 0.15) is 0 Å². The second-order valence-electron chi connectivity index (χ2n) is 5.49. The standard InChI is InChI=1S/C13H25N3O.2ClH/c1-16-8-5-11(6-9-16)10-15-13(17)12-4-2-3-7-14-12;;/h11-12,14H,2-10H2,1H3,(H,15,17);2*1H. The van der Waals surface area contributed by atoms with Crippen LogP contribution in [0.2, 0.25) is 0 Å². The van der Waals surface area contributed by atoms with E-state index in [0.717, 1.165) is 19.5 Å². The number of amides is 1. The molecule has 0 radical (unpaired) electrons. The van der Waals surface area contributed by atoms with Crippen LogP contribution in [0.4, 0.5) is 0 Å². The lowest BCUT2D eigenvalue weighted by Gasteiger charge is -2.30. The zero-order valence-electron chi connectivity index (χ0n) is 11.7. The van der Waals surface area contributed by atoms with Crippen LogP contribution in [-0.2, 0) is 4.79 Å². The van der Waals surface area contributed by atoms with Crippen molar-refractivity contribution >= 4 is 30.7 Å². The second kappa shape index (κ2) is 9.81. The Bertz CT molecular complexity index is 252. The largest absolute Gasteiger partial charge is 0.354 e. The lowest BCUT2D eigenvalue weighted by molar-refractivity contribution is -0.123. The minimum atomic E-state index is 0. The summed E-state index contributed by atoms with van der Waals surface area (Å²) in [6.07, 6.45) is 5.82. The van der Waals surface area contributed by atoms with Gasteiger partial charge in [-0.15, -0.1) is 24.8 Å². The Labute approximate surface area is 128 Å². The average molecular weight is 312 g/mol. The SMILES string of the molecule is CN1CCC(CNC(=O)C2CCCCN2)CC1.Cl.Cl. The first-order chi connectivity index (χ1) is 8.25. The van der Waals surface area contributed by atoms with E-state index in [-0.39, 0.29) is 36.8 Å². The lowest BCUT2D eigenvalue weighted by atomic mass is 9.97. The fraction of sp³-hybridized carbons (Fsp3) is 0.923. The summed E-state index contributed by atoms with van der Waals surface area (Å²) in [5, 5.41) is 6.41. The Morgan fingerprint density at radius 3 is 2.47 bits per heavy atom. The van der Waals surface area contributed by atoms with E-state index in [4.69, 9.17) is 0 Å². The van der Waals surface area contributed by atoms with Crippen LogP contribution < -0.4 is 10.6 Å². The fourth-order valence-corrected chi connectivity index (χ4v) is 2.71. The third kappa shape index (κ3) is 6.30. The first-order valence-electron chi connectivity index (χ1n) is 6.95. The van der Waals surface area contributed by atoms with Gasteiger partial charge >= 0.3 is 0 Å². The molecule has 6 heteroatoms. The van der Waals surface area contributed by atoms with Gasteiger partial charge in [-0.3, -0.25) is 4.79 Å². The molecule has 2 aliphatic rings. The highest BCUT2D eigenvalue weighted by Gasteiger charge is 2.22. The average Bonchev–Trinajstić information content (AvgIpc) is 2.39. The van der Waals surface area contributed by atoms with Gasteiger partial charge in [-0.2, -0.15) is 0 Å². The molecular formula is C13H27Cl2N3O. The molecule has 2 aliphatic heterocycles. The number of piperidine rings is 2. The monoisotopic (exact) mass is 311 g/mol. The van der Waals surface area contributed by atoms with Gasteiger partial charge in [-0.05, 0) is 58.3 Å². The minimum absolute atomic E-state index is 0. The minimum Gasteiger partial charge on any atom is -0.354 e. The molecule has 19 heavy (non-hydrogen) atoms. The van der Waals surface area contributed by atoms with Crippen molar-refractivity contribution in [2.75, 3.05) is 33.2 Å². The van der Waals surface area contributed by atoms with Crippen LogP contribution in [0, 0.1) is 5.92 Å². The van der Waals surface area contributed by atoms with Crippen molar-refractivity contribution < 1.29 is 4.79 Å². The Kier molecular flexibility index (Phi) is 9.79. The molecule has 0 saturated carbocycles. The Morgan fingerprint density at radius 2 is 1.89 bits per heavy atom. The first kappa shape index (κ1) is 19.0. The number of carbonyl (C=O) groups excluding carboxylic acids is 1. The summed E-state index contributed by atoms with van der Waals surface area (Å²) in [6, 6.07) is 0.0648. The molecule has 1 amide bonds. The molecule has 2 saturated heterocycles. The van der Waals surface area contributed by atoms with E-state index < -0.39 is 0 Å². The van der Waals surface area contributed by atoms with E-state index >= 15 is 0 Å². The van der Waals surface area contributed by atoms with Crippen LogP contribution in [0.5, 0.6) is 0 Å². The van der Waals surface area contributed by atoms with Crippen LogP contribution in [0.25, 0.3) is 0 Å². The molecular weight excluding hydrogens is 285 g/mol. The molecule has 0 spiro atoms. The van der Waals surface area contributed by atoms with E-state index in [0.29, 0.717) is 5.92 Å². The maximum atomic E-state index is 11.9. The second-order valence-corrected chi connectivity index (χ2v) is 5.49. The van der Waals surface area contributed by atoms with Gasteiger partial charge < -0.3 is 15.5 Å². The molecule has 0 aliphatic carbocycles. The normalized spacial score (nSPS) is 25.0. The van der Waals surface area contributed by atoms with Gasteiger partial charge in [-0.1, -0.05) is 6.42 Å². The third-order valence-electron chi connectivity index (χ3n) is 4.03. The number of hydrogen-bond acceptors (Lipinski definition) is 3. The summed E-state index contributed by atoms with van der Waals surface area (Å²) in [5.74, 6) is 0.891. The van der Waals surface area contributed by atoms with Gasteiger partial charge in [0.25, 0.3) is 0 Å². The quantitative estimate of drug-likeness (QED) is 0.829. The van der Waals surface area contributed by atoms with Crippen LogP contribution in [0.3, 0.4) is 0 Å². The predicted octanol–water partition coefficient (Wildman–Crippen LogP) is 1.43. The van der Waals surface area contributed by atoms with Crippen molar-refractivity contribution in [1.82, 2.24) is 15.5 Å². The number of nitrogens with zero attached hydrogens (tertiary/aromatic N) is 1. The summed E-state index contributed by atoms with van der Waals surface area (Å²) in [6.45, 7) is 4.20. The highest BCUT2D eigenvalue weighted by molar-refractivity contribution is 5.85. The summed E-state index contributed by atoms with van der Waals surface area (Å²) in [7, 11) is 2.17. The van der Waals surface area contributed by atoms with Gasteiger partial charge in [0, 0.05) is 6.54 Å². The van der Waals surface area contributed by atoms with Crippen molar-refractivity contribution in [2.45, 2.75) is 38.1 Å². The Balaban J connectivity index is 0.00000162. The number of rotatable bonds is 3. The van der Waals surface area contributed by atoms with Crippen LogP contribution in [-0.4, -0.2) is 50.1 Å². The van der Waals surface area contributed by atoms with E-state index in [1.165, 1.54) is 38.8 Å². The molecule has 0 bridgehead atoms. The fourth-order valence-electron chi connectivity index (χ4n) is 2.71. The molecule has 2 rings (SSSR count). The van der Waals surface area contributed by atoms with Crippen molar-refractivity contribution in [3.8, 4) is 0 Å². The van der Waals surface area contributed by atoms with Crippen LogP contribution in [0.15, 0.2) is 0 Å². The summed E-state index contributed by atoms with van der Waals surface area (Å²) >= 11 is 0. The number of likely N-dealkylation sites (tertiary alicyclic amines) is 1. The van der Waals surface area contributed by atoms with E-state index in [9.17, 15) is 4.79 Å². The first-order valence-corrected chi connectivity index (χ1v) is 6.95.